The van der Waals surface area contributed by atoms with Crippen LogP contribution >= 0.6 is 0 Å². The largest absolute Gasteiger partial charge is 0.487 e. The van der Waals surface area contributed by atoms with Crippen LogP contribution in [-0.4, -0.2) is 33.3 Å². The van der Waals surface area contributed by atoms with Gasteiger partial charge < -0.3 is 10.1 Å². The van der Waals surface area contributed by atoms with E-state index in [9.17, 15) is 13.6 Å². The highest BCUT2D eigenvalue weighted by atomic mass is 19.3. The summed E-state index contributed by atoms with van der Waals surface area (Å²) in [4.78, 5) is 15.6. The lowest BCUT2D eigenvalue weighted by Crippen LogP contribution is -2.33. The quantitative estimate of drug-likeness (QED) is 0.883. The Morgan fingerprint density at radius 1 is 1.48 bits per heavy atom. The van der Waals surface area contributed by atoms with Gasteiger partial charge in [-0.3, -0.25) is 9.78 Å². The Hall–Kier alpha value is -2.51. The lowest BCUT2D eigenvalue weighted by molar-refractivity contribution is 0.0559. The lowest BCUT2D eigenvalue weighted by atomic mass is 10.3. The molecule has 2 aromatic rings. The molecule has 112 valence electrons. The molecule has 0 aromatic carbocycles. The van der Waals surface area contributed by atoms with Crippen molar-refractivity contribution in [2.45, 2.75) is 19.6 Å². The first-order valence-electron chi connectivity index (χ1n) is 6.24. The fraction of sp³-hybridized carbons (Fsp3) is 0.308. The van der Waals surface area contributed by atoms with Crippen LogP contribution in [0.5, 0.6) is 5.75 Å². The second-order valence-corrected chi connectivity index (χ2v) is 4.29. The van der Waals surface area contributed by atoms with Crippen molar-refractivity contribution < 1.29 is 18.3 Å². The van der Waals surface area contributed by atoms with Gasteiger partial charge in [-0.05, 0) is 25.1 Å². The van der Waals surface area contributed by atoms with Gasteiger partial charge in [-0.2, -0.15) is 13.9 Å². The lowest BCUT2D eigenvalue weighted by Gasteiger charge is -2.14. The summed E-state index contributed by atoms with van der Waals surface area (Å²) in [6.45, 7) is -0.778. The second kappa shape index (κ2) is 6.78. The number of nitrogens with zero attached hydrogens (tertiary/aromatic N) is 3. The molecule has 0 aliphatic heterocycles. The first-order chi connectivity index (χ1) is 10.1. The van der Waals surface area contributed by atoms with Crippen molar-refractivity contribution in [3.63, 3.8) is 0 Å². The predicted molar refractivity (Wildman–Crippen MR) is 70.1 cm³/mol. The zero-order valence-corrected chi connectivity index (χ0v) is 11.2. The van der Waals surface area contributed by atoms with Crippen LogP contribution in [-0.2, 0) is 0 Å². The zero-order valence-electron chi connectivity index (χ0n) is 11.2. The van der Waals surface area contributed by atoms with Crippen LogP contribution in [0.15, 0.2) is 36.8 Å². The molecule has 0 bridgehead atoms. The molecule has 0 saturated carbocycles. The number of alkyl halides is 2. The van der Waals surface area contributed by atoms with E-state index in [1.165, 1.54) is 6.07 Å². The number of aromatic nitrogens is 3. The van der Waals surface area contributed by atoms with Crippen molar-refractivity contribution in [2.24, 2.45) is 0 Å². The first-order valence-corrected chi connectivity index (χ1v) is 6.24. The van der Waals surface area contributed by atoms with Gasteiger partial charge in [0.15, 0.2) is 0 Å². The Bertz CT molecular complexity index is 589. The molecule has 0 aliphatic rings. The maximum absolute atomic E-state index is 12.3. The summed E-state index contributed by atoms with van der Waals surface area (Å²) in [5, 5.41) is 6.04. The number of carbonyl (C=O) groups is 1. The number of hydrogen-bond donors (Lipinski definition) is 1. The molecule has 2 aromatic heterocycles. The molecule has 2 heterocycles. The Labute approximate surface area is 119 Å². The van der Waals surface area contributed by atoms with Crippen LogP contribution in [0.3, 0.4) is 0 Å². The number of nitrogens with one attached hydrogen (secondary N) is 1. The van der Waals surface area contributed by atoms with Crippen LogP contribution in [0.25, 0.3) is 0 Å². The average Bonchev–Trinajstić information content (AvgIpc) is 2.96. The third kappa shape index (κ3) is 4.23. The van der Waals surface area contributed by atoms with E-state index in [2.05, 4.69) is 15.4 Å². The molecule has 1 amide bonds. The Kier molecular flexibility index (Phi) is 4.81. The minimum Gasteiger partial charge on any atom is -0.487 e. The van der Waals surface area contributed by atoms with Crippen molar-refractivity contribution in [2.75, 3.05) is 6.54 Å². The van der Waals surface area contributed by atoms with Gasteiger partial charge in [0.05, 0.1) is 12.7 Å². The molecule has 1 N–H and O–H groups in total. The number of halogens is 2. The van der Waals surface area contributed by atoms with E-state index in [0.717, 1.165) is 6.20 Å². The zero-order chi connectivity index (χ0) is 15.2. The first kappa shape index (κ1) is 14.9. The van der Waals surface area contributed by atoms with Crippen LogP contribution in [0.1, 0.15) is 24.0 Å². The molecular formula is C13H14F2N4O2. The monoisotopic (exact) mass is 296 g/mol. The third-order valence-electron chi connectivity index (χ3n) is 2.56. The Balaban J connectivity index is 1.83. The fourth-order valence-corrected chi connectivity index (χ4v) is 1.59. The molecule has 8 heteroatoms. The maximum Gasteiger partial charge on any atom is 0.333 e. The van der Waals surface area contributed by atoms with E-state index >= 15 is 0 Å². The molecule has 0 aliphatic carbocycles. The molecule has 6 nitrogen and oxygen atoms in total. The number of carbonyl (C=O) groups excluding carboxylic acids is 1. The van der Waals surface area contributed by atoms with Crippen molar-refractivity contribution in [1.82, 2.24) is 20.1 Å². The molecule has 2 rings (SSSR count). The second-order valence-electron chi connectivity index (χ2n) is 4.29. The summed E-state index contributed by atoms with van der Waals surface area (Å²) in [5.74, 6) is 0.0530. The SMILES string of the molecule is C[C@@H](CNC(=O)c1ccn(C(F)F)n1)Oc1cccnc1. The van der Waals surface area contributed by atoms with Crippen LogP contribution < -0.4 is 10.1 Å². The van der Waals surface area contributed by atoms with Crippen LogP contribution in [0, 0.1) is 0 Å². The molecule has 1 atom stereocenters. The summed E-state index contributed by atoms with van der Waals surface area (Å²) in [7, 11) is 0. The van der Waals surface area contributed by atoms with Gasteiger partial charge in [-0.15, -0.1) is 0 Å². The standard InChI is InChI=1S/C13H14F2N4O2/c1-9(21-10-3-2-5-16-8-10)7-17-12(20)11-4-6-19(18-11)13(14)15/h2-6,8-9,13H,7H2,1H3,(H,17,20)/t9-/m0/s1. The molecule has 0 unspecified atom stereocenters. The van der Waals surface area contributed by atoms with Gasteiger partial charge in [0.25, 0.3) is 5.91 Å². The number of pyridine rings is 1. The van der Waals surface area contributed by atoms with Crippen molar-refractivity contribution in [3.8, 4) is 5.75 Å². The predicted octanol–water partition coefficient (Wildman–Crippen LogP) is 1.87. The van der Waals surface area contributed by atoms with E-state index < -0.39 is 12.5 Å². The molecule has 21 heavy (non-hydrogen) atoms. The topological polar surface area (TPSA) is 69.0 Å². The van der Waals surface area contributed by atoms with Gasteiger partial charge in [0, 0.05) is 12.4 Å². The number of amides is 1. The maximum atomic E-state index is 12.3. The molecule has 0 saturated heterocycles. The van der Waals surface area contributed by atoms with Crippen molar-refractivity contribution >= 4 is 5.91 Å². The molecular weight excluding hydrogens is 282 g/mol. The van der Waals surface area contributed by atoms with E-state index in [1.807, 2.05) is 0 Å². The number of hydrogen-bond acceptors (Lipinski definition) is 4. The van der Waals surface area contributed by atoms with Gasteiger partial charge in [0.1, 0.15) is 17.5 Å². The minimum atomic E-state index is -2.76. The summed E-state index contributed by atoms with van der Waals surface area (Å²) >= 11 is 0. The highest BCUT2D eigenvalue weighted by Crippen LogP contribution is 2.10. The summed E-state index contributed by atoms with van der Waals surface area (Å²) in [5.41, 5.74) is -0.0659. The normalized spacial score (nSPS) is 12.2. The van der Waals surface area contributed by atoms with E-state index in [4.69, 9.17) is 4.74 Å². The van der Waals surface area contributed by atoms with Gasteiger partial charge in [-0.25, -0.2) is 4.68 Å². The van der Waals surface area contributed by atoms with Gasteiger partial charge >= 0.3 is 6.55 Å². The van der Waals surface area contributed by atoms with E-state index in [1.54, 1.807) is 31.5 Å². The smallest absolute Gasteiger partial charge is 0.333 e. The highest BCUT2D eigenvalue weighted by molar-refractivity contribution is 5.92. The Morgan fingerprint density at radius 2 is 2.29 bits per heavy atom. The highest BCUT2D eigenvalue weighted by Gasteiger charge is 2.14. The minimum absolute atomic E-state index is 0.0659. The van der Waals surface area contributed by atoms with E-state index in [0.29, 0.717) is 10.4 Å². The van der Waals surface area contributed by atoms with Crippen molar-refractivity contribution in [3.05, 3.63) is 42.5 Å². The van der Waals surface area contributed by atoms with Gasteiger partial charge in [-0.1, -0.05) is 0 Å². The average molecular weight is 296 g/mol. The Morgan fingerprint density at radius 3 is 2.90 bits per heavy atom. The molecule has 0 spiro atoms. The number of ether oxygens (including phenoxy) is 1. The fourth-order valence-electron chi connectivity index (χ4n) is 1.59. The van der Waals surface area contributed by atoms with Crippen LogP contribution in [0.4, 0.5) is 8.78 Å². The third-order valence-corrected chi connectivity index (χ3v) is 2.56. The molecule has 0 radical (unpaired) electrons. The number of rotatable bonds is 6. The van der Waals surface area contributed by atoms with Crippen molar-refractivity contribution in [1.29, 1.82) is 0 Å². The molecule has 0 fully saturated rings. The van der Waals surface area contributed by atoms with E-state index in [-0.39, 0.29) is 18.3 Å². The van der Waals surface area contributed by atoms with Crippen LogP contribution in [0.2, 0.25) is 0 Å². The summed E-state index contributed by atoms with van der Waals surface area (Å²) in [6, 6.07) is 4.71. The summed E-state index contributed by atoms with van der Waals surface area (Å²) < 4.78 is 30.6. The summed E-state index contributed by atoms with van der Waals surface area (Å²) in [6.07, 6.45) is 3.94. The van der Waals surface area contributed by atoms with Gasteiger partial charge in [0.2, 0.25) is 0 Å².